The summed E-state index contributed by atoms with van der Waals surface area (Å²) in [6, 6.07) is 8.16. The van der Waals surface area contributed by atoms with Crippen molar-refractivity contribution in [2.45, 2.75) is 25.8 Å². The molecule has 0 aliphatic carbocycles. The van der Waals surface area contributed by atoms with Gasteiger partial charge in [0, 0.05) is 39.3 Å². The Morgan fingerprint density at radius 1 is 1.37 bits per heavy atom. The number of nitrogens with one attached hydrogen (secondary N) is 3. The molecule has 1 saturated heterocycles. The molecule has 7 nitrogen and oxygen atoms in total. The molecule has 0 radical (unpaired) electrons. The molecule has 1 aliphatic rings. The van der Waals surface area contributed by atoms with Gasteiger partial charge in [0.1, 0.15) is 6.54 Å². The van der Waals surface area contributed by atoms with Gasteiger partial charge < -0.3 is 25.6 Å². The number of aliphatic imine (C=N–C) groups is 1. The highest BCUT2D eigenvalue weighted by molar-refractivity contribution is 6.33. The van der Waals surface area contributed by atoms with Crippen molar-refractivity contribution in [3.05, 3.63) is 29.3 Å². The van der Waals surface area contributed by atoms with Gasteiger partial charge in [-0.2, -0.15) is 0 Å². The average molecular weight is 396 g/mol. The van der Waals surface area contributed by atoms with Crippen LogP contribution in [0.3, 0.4) is 0 Å². The molecule has 0 bridgehead atoms. The van der Waals surface area contributed by atoms with Crippen LogP contribution in [0.5, 0.6) is 0 Å². The van der Waals surface area contributed by atoms with E-state index in [0.29, 0.717) is 19.1 Å². The quantitative estimate of drug-likeness (QED) is 0.354. The normalized spacial score (nSPS) is 17.5. The summed E-state index contributed by atoms with van der Waals surface area (Å²) in [5.41, 5.74) is 1.06. The van der Waals surface area contributed by atoms with E-state index in [1.807, 2.05) is 31.2 Å². The lowest BCUT2D eigenvalue weighted by atomic mass is 10.0. The number of hydrogen-bond donors (Lipinski definition) is 3. The molecule has 27 heavy (non-hydrogen) atoms. The number of amides is 1. The Balaban J connectivity index is 1.91. The number of carbonyl (C=O) groups excluding carboxylic acids is 1. The molecule has 1 atom stereocenters. The number of para-hydroxylation sites is 1. The number of anilines is 1. The van der Waals surface area contributed by atoms with Crippen LogP contribution in [0.15, 0.2) is 29.3 Å². The fraction of sp³-hybridized carbons (Fsp3) is 0.579. The molecule has 1 heterocycles. The maximum Gasteiger partial charge on any atom is 0.241 e. The standard InChI is InChI=1S/C19H30ClN5O2/c1-3-21-19(23-13-18(26)22-10-12-27-2)24-15-7-6-11-25(14-15)17-9-5-4-8-16(17)20/h4-5,8-9,15H,3,6-7,10-14H2,1-2H3,(H,22,26)(H2,21,23,24). The number of piperidine rings is 1. The van der Waals surface area contributed by atoms with E-state index in [4.69, 9.17) is 16.3 Å². The predicted octanol–water partition coefficient (Wildman–Crippen LogP) is 1.63. The van der Waals surface area contributed by atoms with E-state index in [1.54, 1.807) is 7.11 Å². The fourth-order valence-electron chi connectivity index (χ4n) is 3.03. The number of hydrogen-bond acceptors (Lipinski definition) is 4. The minimum Gasteiger partial charge on any atom is -0.383 e. The lowest BCUT2D eigenvalue weighted by molar-refractivity contribution is -0.119. The summed E-state index contributed by atoms with van der Waals surface area (Å²) >= 11 is 6.35. The fourth-order valence-corrected chi connectivity index (χ4v) is 3.29. The molecule has 1 aromatic rings. The van der Waals surface area contributed by atoms with Gasteiger partial charge in [0.25, 0.3) is 0 Å². The molecular formula is C19H30ClN5O2. The van der Waals surface area contributed by atoms with E-state index in [1.165, 1.54) is 0 Å². The van der Waals surface area contributed by atoms with Gasteiger partial charge in [-0.3, -0.25) is 4.79 Å². The first-order valence-corrected chi connectivity index (χ1v) is 9.81. The van der Waals surface area contributed by atoms with Gasteiger partial charge in [0.2, 0.25) is 5.91 Å². The van der Waals surface area contributed by atoms with Gasteiger partial charge in [-0.05, 0) is 31.9 Å². The molecule has 3 N–H and O–H groups in total. The first-order valence-electron chi connectivity index (χ1n) is 9.44. The van der Waals surface area contributed by atoms with Crippen molar-refractivity contribution >= 4 is 29.2 Å². The van der Waals surface area contributed by atoms with Crippen LogP contribution >= 0.6 is 11.6 Å². The maximum absolute atomic E-state index is 11.8. The molecule has 1 unspecified atom stereocenters. The topological polar surface area (TPSA) is 78.0 Å². The summed E-state index contributed by atoms with van der Waals surface area (Å²) in [6.07, 6.45) is 2.12. The summed E-state index contributed by atoms with van der Waals surface area (Å²) < 4.78 is 4.92. The highest BCUT2D eigenvalue weighted by atomic mass is 35.5. The van der Waals surface area contributed by atoms with Crippen molar-refractivity contribution in [3.8, 4) is 0 Å². The molecule has 1 amide bonds. The van der Waals surface area contributed by atoms with Gasteiger partial charge in [-0.1, -0.05) is 23.7 Å². The lowest BCUT2D eigenvalue weighted by Crippen LogP contribution is -2.51. The predicted molar refractivity (Wildman–Crippen MR) is 111 cm³/mol. The van der Waals surface area contributed by atoms with Crippen LogP contribution < -0.4 is 20.9 Å². The van der Waals surface area contributed by atoms with Crippen molar-refractivity contribution in [2.24, 2.45) is 4.99 Å². The minimum atomic E-state index is -0.120. The number of guanidine groups is 1. The average Bonchev–Trinajstić information content (AvgIpc) is 2.67. The molecule has 8 heteroatoms. The van der Waals surface area contributed by atoms with Gasteiger partial charge >= 0.3 is 0 Å². The molecule has 0 aromatic heterocycles. The molecule has 0 saturated carbocycles. The minimum absolute atomic E-state index is 0.0833. The van der Waals surface area contributed by atoms with E-state index in [0.717, 1.165) is 43.2 Å². The Kier molecular flexibility index (Phi) is 9.21. The van der Waals surface area contributed by atoms with Gasteiger partial charge in [0.15, 0.2) is 5.96 Å². The second kappa shape index (κ2) is 11.7. The zero-order chi connectivity index (χ0) is 19.5. The number of ether oxygens (including phenoxy) is 1. The summed E-state index contributed by atoms with van der Waals surface area (Å²) in [6.45, 7) is 5.63. The number of benzene rings is 1. The third kappa shape index (κ3) is 7.27. The van der Waals surface area contributed by atoms with E-state index in [2.05, 4.69) is 25.8 Å². The van der Waals surface area contributed by atoms with Gasteiger partial charge in [0.05, 0.1) is 17.3 Å². The van der Waals surface area contributed by atoms with Crippen molar-refractivity contribution in [3.63, 3.8) is 0 Å². The van der Waals surface area contributed by atoms with Crippen molar-refractivity contribution in [1.82, 2.24) is 16.0 Å². The maximum atomic E-state index is 11.8. The number of nitrogens with zero attached hydrogens (tertiary/aromatic N) is 2. The molecular weight excluding hydrogens is 366 g/mol. The summed E-state index contributed by atoms with van der Waals surface area (Å²) in [5, 5.41) is 10.2. The number of halogens is 1. The third-order valence-electron chi connectivity index (χ3n) is 4.31. The molecule has 0 spiro atoms. The first kappa shape index (κ1) is 21.3. The van der Waals surface area contributed by atoms with Crippen LogP contribution in [0.1, 0.15) is 19.8 Å². The van der Waals surface area contributed by atoms with Crippen LogP contribution in [0.2, 0.25) is 5.02 Å². The zero-order valence-corrected chi connectivity index (χ0v) is 16.9. The Bertz CT molecular complexity index is 626. The third-order valence-corrected chi connectivity index (χ3v) is 4.63. The lowest BCUT2D eigenvalue weighted by Gasteiger charge is -2.35. The Labute approximate surface area is 166 Å². The number of rotatable bonds is 8. The van der Waals surface area contributed by atoms with E-state index in [9.17, 15) is 4.79 Å². The Hall–Kier alpha value is -1.99. The van der Waals surface area contributed by atoms with Crippen molar-refractivity contribution in [2.75, 3.05) is 51.3 Å². The largest absolute Gasteiger partial charge is 0.383 e. The number of carbonyl (C=O) groups is 1. The van der Waals surface area contributed by atoms with Crippen molar-refractivity contribution in [1.29, 1.82) is 0 Å². The van der Waals surface area contributed by atoms with Crippen LogP contribution in [0.25, 0.3) is 0 Å². The van der Waals surface area contributed by atoms with Crippen LogP contribution in [0.4, 0.5) is 5.69 Å². The van der Waals surface area contributed by atoms with E-state index in [-0.39, 0.29) is 18.5 Å². The van der Waals surface area contributed by atoms with Crippen LogP contribution in [-0.2, 0) is 9.53 Å². The molecule has 1 fully saturated rings. The SMILES string of the molecule is CCNC(=NCC(=O)NCCOC)NC1CCCN(c2ccccc2Cl)C1. The van der Waals surface area contributed by atoms with Crippen LogP contribution in [0, 0.1) is 0 Å². The zero-order valence-electron chi connectivity index (χ0n) is 16.1. The Morgan fingerprint density at radius 3 is 2.93 bits per heavy atom. The first-order chi connectivity index (χ1) is 13.1. The highest BCUT2D eigenvalue weighted by Gasteiger charge is 2.22. The monoisotopic (exact) mass is 395 g/mol. The Morgan fingerprint density at radius 2 is 2.19 bits per heavy atom. The van der Waals surface area contributed by atoms with Crippen molar-refractivity contribution < 1.29 is 9.53 Å². The summed E-state index contributed by atoms with van der Waals surface area (Å²) in [5.74, 6) is 0.538. The summed E-state index contributed by atoms with van der Waals surface area (Å²) in [7, 11) is 1.60. The second-order valence-electron chi connectivity index (χ2n) is 6.42. The number of methoxy groups -OCH3 is 1. The molecule has 1 aromatic carbocycles. The van der Waals surface area contributed by atoms with Crippen LogP contribution in [-0.4, -0.2) is 64.3 Å². The second-order valence-corrected chi connectivity index (χ2v) is 6.83. The van der Waals surface area contributed by atoms with Gasteiger partial charge in [-0.25, -0.2) is 4.99 Å². The van der Waals surface area contributed by atoms with E-state index < -0.39 is 0 Å². The summed E-state index contributed by atoms with van der Waals surface area (Å²) in [4.78, 5) is 18.5. The van der Waals surface area contributed by atoms with Gasteiger partial charge in [-0.15, -0.1) is 0 Å². The molecule has 150 valence electrons. The molecule has 1 aliphatic heterocycles. The highest BCUT2D eigenvalue weighted by Crippen LogP contribution is 2.27. The molecule has 2 rings (SSSR count). The van der Waals surface area contributed by atoms with E-state index >= 15 is 0 Å². The smallest absolute Gasteiger partial charge is 0.241 e.